The summed E-state index contributed by atoms with van der Waals surface area (Å²) in [6, 6.07) is 6.82. The topological polar surface area (TPSA) is 61.9 Å². The Balaban J connectivity index is 1.88. The molecule has 2 aromatic rings. The van der Waals surface area contributed by atoms with Gasteiger partial charge in [0.05, 0.1) is 0 Å². The van der Waals surface area contributed by atoms with E-state index in [0.29, 0.717) is 28.3 Å². The number of ether oxygens (including phenoxy) is 1. The van der Waals surface area contributed by atoms with E-state index in [1.54, 1.807) is 24.3 Å². The highest BCUT2D eigenvalue weighted by molar-refractivity contribution is 9.18. The van der Waals surface area contributed by atoms with Gasteiger partial charge in [-0.3, -0.25) is 15.4 Å². The molecule has 0 saturated heterocycles. The minimum absolute atomic E-state index is 0.151. The first-order chi connectivity index (χ1) is 10.9. The number of hydrogen-bond donors (Lipinski definition) is 2. The van der Waals surface area contributed by atoms with E-state index in [0.717, 1.165) is 24.0 Å². The summed E-state index contributed by atoms with van der Waals surface area (Å²) in [6.45, 7) is 0.338. The number of nitrogens with one attached hydrogen (secondary N) is 2. The van der Waals surface area contributed by atoms with Crippen molar-refractivity contribution >= 4 is 43.9 Å². The monoisotopic (exact) mass is 413 g/mol. The zero-order valence-corrected chi connectivity index (χ0v) is 15.2. The molecule has 23 heavy (non-hydrogen) atoms. The molecule has 0 radical (unpaired) electrons. The molecule has 0 amide bonds. The van der Waals surface area contributed by atoms with Crippen LogP contribution in [-0.2, 0) is 6.61 Å². The molecule has 0 unspecified atom stereocenters. The molecule has 0 aliphatic heterocycles. The second-order valence-electron chi connectivity index (χ2n) is 5.47. The Morgan fingerprint density at radius 1 is 1.22 bits per heavy atom. The first kappa shape index (κ1) is 16.6. The van der Waals surface area contributed by atoms with Gasteiger partial charge in [-0.05, 0) is 70.1 Å². The highest BCUT2D eigenvalue weighted by Gasteiger charge is 2.27. The number of benzene rings is 1. The van der Waals surface area contributed by atoms with Crippen molar-refractivity contribution in [2.75, 3.05) is 0 Å². The number of pyridine rings is 1. The molecule has 1 aliphatic rings. The third kappa shape index (κ3) is 3.97. The van der Waals surface area contributed by atoms with Crippen LogP contribution in [0.15, 0.2) is 30.5 Å². The fourth-order valence-corrected chi connectivity index (χ4v) is 3.23. The van der Waals surface area contributed by atoms with Crippen molar-refractivity contribution in [2.45, 2.75) is 25.4 Å². The summed E-state index contributed by atoms with van der Waals surface area (Å²) in [5, 5.41) is 16.8. The minimum atomic E-state index is 0.151. The molecule has 4 nitrogen and oxygen atoms in total. The van der Waals surface area contributed by atoms with Gasteiger partial charge in [-0.15, -0.1) is 0 Å². The lowest BCUT2D eigenvalue weighted by Gasteiger charge is -2.14. The molecule has 3 rings (SSSR count). The summed E-state index contributed by atoms with van der Waals surface area (Å²) in [6.07, 6.45) is 4.10. The number of nitrogens with zero attached hydrogens (tertiary/aromatic N) is 1. The van der Waals surface area contributed by atoms with Crippen molar-refractivity contribution in [1.29, 1.82) is 10.8 Å². The molecule has 1 aromatic heterocycles. The van der Waals surface area contributed by atoms with E-state index in [4.69, 9.17) is 38.8 Å². The molecule has 1 aliphatic carbocycles. The van der Waals surface area contributed by atoms with Gasteiger partial charge in [-0.1, -0.05) is 23.2 Å². The lowest BCUT2D eigenvalue weighted by Crippen LogP contribution is -2.24. The van der Waals surface area contributed by atoms with Crippen molar-refractivity contribution in [2.24, 2.45) is 0 Å². The summed E-state index contributed by atoms with van der Waals surface area (Å²) in [5.41, 5.74) is 2.32. The first-order valence-electron chi connectivity index (χ1n) is 7.07. The molecule has 1 fully saturated rings. The fourth-order valence-electron chi connectivity index (χ4n) is 2.43. The van der Waals surface area contributed by atoms with Crippen molar-refractivity contribution in [3.63, 3.8) is 0 Å². The van der Waals surface area contributed by atoms with Crippen LogP contribution in [-0.4, -0.2) is 9.31 Å². The predicted octanol–water partition coefficient (Wildman–Crippen LogP) is 4.91. The molecule has 0 bridgehead atoms. The van der Waals surface area contributed by atoms with E-state index in [9.17, 15) is 0 Å². The highest BCUT2D eigenvalue weighted by Crippen LogP contribution is 2.41. The van der Waals surface area contributed by atoms with Crippen LogP contribution in [0.3, 0.4) is 0 Å². The Bertz CT molecular complexity index is 810. The molecule has 120 valence electrons. The van der Waals surface area contributed by atoms with Gasteiger partial charge in [-0.25, -0.2) is 0 Å². The standard InChI is InChI=1S/C16H14BrCl2N3O/c17-16(21)22-7-14(9-1-2-9)10(3-15(22)20)8-23-13-5-11(18)4-12(19)6-13/h3-7,9,20-21H,1-2,8H2. The van der Waals surface area contributed by atoms with Crippen LogP contribution in [0.25, 0.3) is 0 Å². The fraction of sp³-hybridized carbons (Fsp3) is 0.250. The van der Waals surface area contributed by atoms with Crippen molar-refractivity contribution in [3.8, 4) is 5.75 Å². The Kier molecular flexibility index (Phi) is 4.80. The van der Waals surface area contributed by atoms with Gasteiger partial charge in [-0.2, -0.15) is 0 Å². The van der Waals surface area contributed by atoms with Gasteiger partial charge in [0.1, 0.15) is 17.8 Å². The van der Waals surface area contributed by atoms with E-state index in [1.807, 2.05) is 6.20 Å². The highest BCUT2D eigenvalue weighted by atomic mass is 79.9. The minimum Gasteiger partial charge on any atom is -0.489 e. The van der Waals surface area contributed by atoms with Crippen LogP contribution in [0.4, 0.5) is 0 Å². The van der Waals surface area contributed by atoms with Gasteiger partial charge in [0.25, 0.3) is 0 Å². The zero-order valence-electron chi connectivity index (χ0n) is 12.1. The summed E-state index contributed by atoms with van der Waals surface area (Å²) < 4.78 is 7.46. The number of rotatable bonds is 4. The van der Waals surface area contributed by atoms with Crippen LogP contribution >= 0.6 is 39.1 Å². The van der Waals surface area contributed by atoms with Crippen molar-refractivity contribution in [1.82, 2.24) is 4.57 Å². The van der Waals surface area contributed by atoms with Gasteiger partial charge in [0.2, 0.25) is 0 Å². The molecule has 7 heteroatoms. The third-order valence-corrected chi connectivity index (χ3v) is 4.49. The first-order valence-corrected chi connectivity index (χ1v) is 8.62. The smallest absolute Gasteiger partial charge is 0.175 e. The summed E-state index contributed by atoms with van der Waals surface area (Å²) in [4.78, 5) is 0. The summed E-state index contributed by atoms with van der Waals surface area (Å²) in [7, 11) is 0. The Morgan fingerprint density at radius 2 is 1.87 bits per heavy atom. The van der Waals surface area contributed by atoms with E-state index < -0.39 is 0 Å². The van der Waals surface area contributed by atoms with Crippen LogP contribution in [0.1, 0.15) is 29.9 Å². The second kappa shape index (κ2) is 6.67. The Morgan fingerprint density at radius 3 is 2.43 bits per heavy atom. The lowest BCUT2D eigenvalue weighted by atomic mass is 10.1. The van der Waals surface area contributed by atoms with Crippen LogP contribution < -0.4 is 10.2 Å². The van der Waals surface area contributed by atoms with Gasteiger partial charge in [0.15, 0.2) is 4.74 Å². The number of hydrogen-bond acceptors (Lipinski definition) is 3. The van der Waals surface area contributed by atoms with Crippen LogP contribution in [0, 0.1) is 10.8 Å². The maximum Gasteiger partial charge on any atom is 0.175 e. The second-order valence-corrected chi connectivity index (χ2v) is 7.09. The van der Waals surface area contributed by atoms with E-state index >= 15 is 0 Å². The SMILES string of the molecule is N=C(Br)n1cc(C2CC2)c(COc2cc(Cl)cc(Cl)c2)cc1=N. The Hall–Kier alpha value is -1.30. The number of aromatic nitrogens is 1. The normalized spacial score (nSPS) is 13.9. The van der Waals surface area contributed by atoms with E-state index in [2.05, 4.69) is 15.9 Å². The van der Waals surface area contributed by atoms with E-state index in [-0.39, 0.29) is 10.2 Å². The van der Waals surface area contributed by atoms with Gasteiger partial charge in [0, 0.05) is 16.2 Å². The average Bonchev–Trinajstić information content (AvgIpc) is 3.28. The maximum atomic E-state index is 8.05. The molecule has 0 atom stereocenters. The lowest BCUT2D eigenvalue weighted by molar-refractivity contribution is 0.304. The summed E-state index contributed by atoms with van der Waals surface area (Å²) in [5.74, 6) is 1.08. The van der Waals surface area contributed by atoms with Crippen LogP contribution in [0.2, 0.25) is 10.0 Å². The molecule has 1 heterocycles. The quantitative estimate of drug-likeness (QED) is 0.541. The molecule has 2 N–H and O–H groups in total. The molecule has 1 aromatic carbocycles. The summed E-state index contributed by atoms with van der Waals surface area (Å²) >= 11 is 15.1. The molecule has 1 saturated carbocycles. The predicted molar refractivity (Wildman–Crippen MR) is 95.1 cm³/mol. The van der Waals surface area contributed by atoms with Crippen molar-refractivity contribution in [3.05, 3.63) is 57.1 Å². The molecule has 0 spiro atoms. The maximum absolute atomic E-state index is 8.05. The van der Waals surface area contributed by atoms with Gasteiger partial charge >= 0.3 is 0 Å². The molecular weight excluding hydrogens is 401 g/mol. The van der Waals surface area contributed by atoms with E-state index in [1.165, 1.54) is 4.57 Å². The zero-order chi connectivity index (χ0) is 16.6. The largest absolute Gasteiger partial charge is 0.489 e. The van der Waals surface area contributed by atoms with Crippen molar-refractivity contribution < 1.29 is 4.74 Å². The Labute approximate surface area is 152 Å². The number of halogens is 3. The third-order valence-electron chi connectivity index (χ3n) is 3.67. The van der Waals surface area contributed by atoms with Crippen LogP contribution in [0.5, 0.6) is 5.75 Å². The average molecular weight is 415 g/mol. The van der Waals surface area contributed by atoms with Gasteiger partial charge < -0.3 is 4.74 Å². The molecular formula is C16H14BrCl2N3O.